The number of hydrogen-bond acceptors (Lipinski definition) is 6. The molecule has 0 aliphatic rings. The number of aliphatic carboxylic acids is 1. The molecule has 5 atom stereocenters. The quantitative estimate of drug-likeness (QED) is 0.238. The minimum atomic E-state index is -1.46. The Morgan fingerprint density at radius 3 is 1.96 bits per heavy atom. The first-order chi connectivity index (χ1) is 12.6. The average Bonchev–Trinajstić information content (AvgIpc) is 2.65. The molecule has 0 fully saturated rings. The molecule has 0 aliphatic heterocycles. The molecule has 5 unspecified atom stereocenters. The van der Waals surface area contributed by atoms with Gasteiger partial charge in [0, 0.05) is 0 Å². The highest BCUT2D eigenvalue weighted by molar-refractivity contribution is 5.92. The maximum Gasteiger partial charge on any atom is 0.328 e. The summed E-state index contributed by atoms with van der Waals surface area (Å²) in [6.07, 6.45) is 1.26. The molecule has 0 aromatic rings. The van der Waals surface area contributed by atoms with Crippen LogP contribution < -0.4 is 21.7 Å². The van der Waals surface area contributed by atoms with Crippen molar-refractivity contribution in [1.29, 1.82) is 0 Å². The Hall–Kier alpha value is -2.20. The van der Waals surface area contributed by atoms with Gasteiger partial charge in [-0.05, 0) is 11.8 Å². The first-order valence-corrected chi connectivity index (χ1v) is 9.05. The summed E-state index contributed by atoms with van der Waals surface area (Å²) in [5.41, 5.74) is 5.79. The van der Waals surface area contributed by atoms with E-state index < -0.39 is 48.4 Å². The zero-order valence-corrected chi connectivity index (χ0v) is 16.3. The minimum absolute atomic E-state index is 0.0434. The minimum Gasteiger partial charge on any atom is -0.480 e. The molecule has 0 heterocycles. The summed E-state index contributed by atoms with van der Waals surface area (Å²) in [5, 5.41) is 25.0. The number of nitrogens with two attached hydrogens (primary N) is 1. The fourth-order valence-electron chi connectivity index (χ4n) is 2.17. The molecule has 10 heteroatoms. The van der Waals surface area contributed by atoms with Crippen molar-refractivity contribution in [3.8, 4) is 0 Å². The highest BCUT2D eigenvalue weighted by atomic mass is 16.4. The fraction of sp³-hybridized carbons (Fsp3) is 0.765. The largest absolute Gasteiger partial charge is 0.480 e. The third-order valence-corrected chi connectivity index (χ3v) is 4.59. The van der Waals surface area contributed by atoms with Crippen LogP contribution in [0.1, 0.15) is 40.5 Å². The van der Waals surface area contributed by atoms with Gasteiger partial charge in [0.2, 0.25) is 17.7 Å². The molecule has 0 saturated heterocycles. The highest BCUT2D eigenvalue weighted by Gasteiger charge is 2.29. The Bertz CT molecular complexity index is 528. The van der Waals surface area contributed by atoms with Gasteiger partial charge in [-0.2, -0.15) is 0 Å². The van der Waals surface area contributed by atoms with Gasteiger partial charge >= 0.3 is 5.97 Å². The van der Waals surface area contributed by atoms with Gasteiger partial charge in [0.05, 0.1) is 19.2 Å². The molecule has 0 spiro atoms. The van der Waals surface area contributed by atoms with E-state index in [9.17, 15) is 19.2 Å². The van der Waals surface area contributed by atoms with Crippen molar-refractivity contribution in [1.82, 2.24) is 16.0 Å². The molecule has 7 N–H and O–H groups in total. The van der Waals surface area contributed by atoms with E-state index in [-0.39, 0.29) is 18.4 Å². The van der Waals surface area contributed by atoms with E-state index >= 15 is 0 Å². The van der Waals surface area contributed by atoms with Gasteiger partial charge < -0.3 is 31.9 Å². The van der Waals surface area contributed by atoms with Crippen LogP contribution in [-0.2, 0) is 19.2 Å². The molecular formula is C17H32N4O6. The van der Waals surface area contributed by atoms with E-state index in [1.807, 2.05) is 20.8 Å². The SMILES string of the molecule is CCC(C)C(N)C(=O)NCC(=O)NC(C(=O)NC(CO)C(=O)O)C(C)CC. The lowest BCUT2D eigenvalue weighted by atomic mass is 9.98. The lowest BCUT2D eigenvalue weighted by Gasteiger charge is -2.25. The standard InChI is InChI=1S/C17H32N4O6/c1-5-9(3)13(18)15(24)19-7-12(23)21-14(10(4)6-2)16(25)20-11(8-22)17(26)27/h9-11,13-14,22H,5-8,18H2,1-4H3,(H,19,24)(H,20,25)(H,21,23)(H,26,27). The zero-order valence-electron chi connectivity index (χ0n) is 16.3. The van der Waals surface area contributed by atoms with Crippen LogP contribution in [0.25, 0.3) is 0 Å². The fourth-order valence-corrected chi connectivity index (χ4v) is 2.17. The van der Waals surface area contributed by atoms with E-state index in [2.05, 4.69) is 16.0 Å². The van der Waals surface area contributed by atoms with E-state index in [0.717, 1.165) is 0 Å². The predicted octanol–water partition coefficient (Wildman–Crippen LogP) is -1.43. The number of rotatable bonds is 12. The number of nitrogens with one attached hydrogen (secondary N) is 3. The first-order valence-electron chi connectivity index (χ1n) is 9.05. The number of amides is 3. The number of aliphatic hydroxyl groups is 1. The van der Waals surface area contributed by atoms with E-state index in [1.54, 1.807) is 6.92 Å². The number of aliphatic hydroxyl groups excluding tert-OH is 1. The number of carbonyl (C=O) groups is 4. The zero-order chi connectivity index (χ0) is 21.1. The van der Waals surface area contributed by atoms with Crippen molar-refractivity contribution in [3.05, 3.63) is 0 Å². The Morgan fingerprint density at radius 1 is 0.963 bits per heavy atom. The van der Waals surface area contributed by atoms with Crippen molar-refractivity contribution in [2.45, 2.75) is 58.7 Å². The van der Waals surface area contributed by atoms with Crippen molar-refractivity contribution >= 4 is 23.7 Å². The summed E-state index contributed by atoms with van der Waals surface area (Å²) < 4.78 is 0. The highest BCUT2D eigenvalue weighted by Crippen LogP contribution is 2.08. The van der Waals surface area contributed by atoms with Crippen LogP contribution in [0.15, 0.2) is 0 Å². The van der Waals surface area contributed by atoms with Crippen LogP contribution >= 0.6 is 0 Å². The Labute approximate surface area is 159 Å². The Kier molecular flexibility index (Phi) is 11.2. The second-order valence-electron chi connectivity index (χ2n) is 6.64. The molecular weight excluding hydrogens is 356 g/mol. The van der Waals surface area contributed by atoms with Gasteiger partial charge in [-0.25, -0.2) is 4.79 Å². The third kappa shape index (κ3) is 8.35. The summed E-state index contributed by atoms with van der Waals surface area (Å²) in [6.45, 7) is 6.13. The summed E-state index contributed by atoms with van der Waals surface area (Å²) in [7, 11) is 0. The number of carbonyl (C=O) groups excluding carboxylic acids is 3. The van der Waals surface area contributed by atoms with E-state index in [4.69, 9.17) is 15.9 Å². The average molecular weight is 388 g/mol. The maximum atomic E-state index is 12.3. The molecule has 10 nitrogen and oxygen atoms in total. The van der Waals surface area contributed by atoms with Crippen molar-refractivity contribution in [2.75, 3.05) is 13.2 Å². The number of carboxylic acid groups (broad SMARTS) is 1. The second kappa shape index (κ2) is 12.2. The van der Waals surface area contributed by atoms with Gasteiger partial charge in [0.1, 0.15) is 12.1 Å². The third-order valence-electron chi connectivity index (χ3n) is 4.59. The van der Waals surface area contributed by atoms with Crippen LogP contribution in [-0.4, -0.2) is 65.2 Å². The number of hydrogen-bond donors (Lipinski definition) is 6. The van der Waals surface area contributed by atoms with Gasteiger partial charge in [-0.3, -0.25) is 14.4 Å². The molecule has 3 amide bonds. The second-order valence-corrected chi connectivity index (χ2v) is 6.64. The van der Waals surface area contributed by atoms with E-state index in [1.165, 1.54) is 0 Å². The summed E-state index contributed by atoms with van der Waals surface area (Å²) >= 11 is 0. The summed E-state index contributed by atoms with van der Waals surface area (Å²) in [6, 6.07) is -3.21. The van der Waals surface area contributed by atoms with Gasteiger partial charge in [-0.15, -0.1) is 0 Å². The topological polar surface area (TPSA) is 171 Å². The predicted molar refractivity (Wildman–Crippen MR) is 98.5 cm³/mol. The molecule has 0 saturated carbocycles. The molecule has 0 bridgehead atoms. The smallest absolute Gasteiger partial charge is 0.328 e. The normalized spacial score (nSPS) is 16.4. The van der Waals surface area contributed by atoms with E-state index in [0.29, 0.717) is 12.8 Å². The first kappa shape index (κ1) is 24.8. The van der Waals surface area contributed by atoms with Crippen LogP contribution in [0.3, 0.4) is 0 Å². The molecule has 0 aromatic carbocycles. The molecule has 27 heavy (non-hydrogen) atoms. The molecule has 0 rings (SSSR count). The lowest BCUT2D eigenvalue weighted by Crippen LogP contribution is -2.56. The van der Waals surface area contributed by atoms with Crippen molar-refractivity contribution in [3.63, 3.8) is 0 Å². The van der Waals surface area contributed by atoms with Crippen LogP contribution in [0.5, 0.6) is 0 Å². The molecule has 0 aliphatic carbocycles. The van der Waals surface area contributed by atoms with Gasteiger partial charge in [0.25, 0.3) is 0 Å². The molecule has 0 aromatic heterocycles. The maximum absolute atomic E-state index is 12.3. The summed E-state index contributed by atoms with van der Waals surface area (Å²) in [5.74, 6) is -3.50. The lowest BCUT2D eigenvalue weighted by molar-refractivity contribution is -0.143. The van der Waals surface area contributed by atoms with Crippen LogP contribution in [0.4, 0.5) is 0 Å². The van der Waals surface area contributed by atoms with Crippen LogP contribution in [0.2, 0.25) is 0 Å². The van der Waals surface area contributed by atoms with Gasteiger partial charge in [0.15, 0.2) is 0 Å². The van der Waals surface area contributed by atoms with Crippen LogP contribution in [0, 0.1) is 11.8 Å². The Balaban J connectivity index is 4.85. The summed E-state index contributed by atoms with van der Waals surface area (Å²) in [4.78, 5) is 47.3. The van der Waals surface area contributed by atoms with Gasteiger partial charge in [-0.1, -0.05) is 40.5 Å². The monoisotopic (exact) mass is 388 g/mol. The molecule has 156 valence electrons. The van der Waals surface area contributed by atoms with Crippen molar-refractivity contribution in [2.24, 2.45) is 17.6 Å². The van der Waals surface area contributed by atoms with Crippen molar-refractivity contribution < 1.29 is 29.4 Å². The molecule has 0 radical (unpaired) electrons. The Morgan fingerprint density at radius 2 is 1.52 bits per heavy atom. The number of carboxylic acids is 1.